The van der Waals surface area contributed by atoms with Gasteiger partial charge >= 0.3 is 0 Å². The number of thioether (sulfide) groups is 1. The van der Waals surface area contributed by atoms with E-state index in [-0.39, 0.29) is 11.0 Å². The van der Waals surface area contributed by atoms with E-state index >= 15 is 0 Å². The first-order valence-corrected chi connectivity index (χ1v) is 9.98. The molecule has 1 unspecified atom stereocenters. The van der Waals surface area contributed by atoms with Gasteiger partial charge in [0, 0.05) is 16.1 Å². The number of sulfonamides is 1. The zero-order chi connectivity index (χ0) is 17.7. The molecule has 128 valence electrons. The number of ketones is 1. The van der Waals surface area contributed by atoms with E-state index in [2.05, 4.69) is 4.72 Å². The topological polar surface area (TPSA) is 72.5 Å². The van der Waals surface area contributed by atoms with Gasteiger partial charge < -0.3 is 4.74 Å². The third-order valence-corrected chi connectivity index (χ3v) is 4.93. The molecule has 5 nitrogen and oxygen atoms in total. The Labute approximate surface area is 146 Å². The van der Waals surface area contributed by atoms with E-state index in [1.54, 1.807) is 31.4 Å². The van der Waals surface area contributed by atoms with Crippen LogP contribution < -0.4 is 9.46 Å². The van der Waals surface area contributed by atoms with E-state index < -0.39 is 10.0 Å². The maximum Gasteiger partial charge on any atom is 0.229 e. The molecule has 0 radical (unpaired) electrons. The van der Waals surface area contributed by atoms with Crippen LogP contribution in [0.3, 0.4) is 0 Å². The summed E-state index contributed by atoms with van der Waals surface area (Å²) in [4.78, 5) is 13.5. The Bertz CT molecular complexity index is 799. The molecule has 1 atom stereocenters. The Hall–Kier alpha value is -1.99. The van der Waals surface area contributed by atoms with E-state index in [0.717, 1.165) is 16.9 Å². The van der Waals surface area contributed by atoms with Crippen LogP contribution >= 0.6 is 11.8 Å². The Balaban J connectivity index is 2.04. The van der Waals surface area contributed by atoms with E-state index in [0.29, 0.717) is 11.3 Å². The number of Topliss-reactive ketones (excluding diaryl/α,β-unsaturated/α-hetero) is 1. The highest BCUT2D eigenvalue weighted by Crippen LogP contribution is 2.27. The summed E-state index contributed by atoms with van der Waals surface area (Å²) in [6.07, 6.45) is 1.08. The van der Waals surface area contributed by atoms with Crippen molar-refractivity contribution in [3.05, 3.63) is 54.1 Å². The van der Waals surface area contributed by atoms with Crippen molar-refractivity contribution in [3.8, 4) is 5.75 Å². The van der Waals surface area contributed by atoms with Gasteiger partial charge in [-0.1, -0.05) is 0 Å². The van der Waals surface area contributed by atoms with Crippen molar-refractivity contribution in [2.24, 2.45) is 0 Å². The highest BCUT2D eigenvalue weighted by Gasteiger charge is 2.16. The molecule has 0 saturated heterocycles. The monoisotopic (exact) mass is 365 g/mol. The molecule has 2 aromatic carbocycles. The standard InChI is InChI=1S/C17H19NO4S2/c1-12(23-16-10-8-15(22-2)9-11-16)17(19)13-4-6-14(7-5-13)18-24(3,20)21/h4-12,18H,1-3H3. The highest BCUT2D eigenvalue weighted by molar-refractivity contribution is 8.00. The van der Waals surface area contributed by atoms with Gasteiger partial charge in [-0.3, -0.25) is 9.52 Å². The van der Waals surface area contributed by atoms with Crippen molar-refractivity contribution in [2.75, 3.05) is 18.1 Å². The van der Waals surface area contributed by atoms with Crippen LogP contribution in [0.5, 0.6) is 5.75 Å². The Morgan fingerprint density at radius 2 is 1.67 bits per heavy atom. The summed E-state index contributed by atoms with van der Waals surface area (Å²) < 4.78 is 29.9. The largest absolute Gasteiger partial charge is 0.497 e. The first-order valence-electron chi connectivity index (χ1n) is 7.21. The maximum absolute atomic E-state index is 12.5. The number of hydrogen-bond acceptors (Lipinski definition) is 5. The quantitative estimate of drug-likeness (QED) is 0.601. The zero-order valence-corrected chi connectivity index (χ0v) is 15.3. The second-order valence-electron chi connectivity index (χ2n) is 5.25. The Morgan fingerprint density at radius 1 is 1.08 bits per heavy atom. The van der Waals surface area contributed by atoms with Crippen LogP contribution in [0.2, 0.25) is 0 Å². The maximum atomic E-state index is 12.5. The molecular weight excluding hydrogens is 346 g/mol. The SMILES string of the molecule is COc1ccc(SC(C)C(=O)c2ccc(NS(C)(=O)=O)cc2)cc1. The molecule has 0 saturated carbocycles. The minimum Gasteiger partial charge on any atom is -0.497 e. The van der Waals surface area contributed by atoms with Crippen molar-refractivity contribution in [1.82, 2.24) is 0 Å². The number of methoxy groups -OCH3 is 1. The molecule has 0 heterocycles. The lowest BCUT2D eigenvalue weighted by atomic mass is 10.1. The number of anilines is 1. The van der Waals surface area contributed by atoms with Gasteiger partial charge in [-0.2, -0.15) is 0 Å². The van der Waals surface area contributed by atoms with E-state index in [9.17, 15) is 13.2 Å². The third-order valence-electron chi connectivity index (χ3n) is 3.21. The van der Waals surface area contributed by atoms with Crippen LogP contribution in [0.15, 0.2) is 53.4 Å². The molecule has 7 heteroatoms. The normalized spacial score (nSPS) is 12.5. The Kier molecular flexibility index (Phi) is 5.90. The van der Waals surface area contributed by atoms with Gasteiger partial charge in [0.05, 0.1) is 18.6 Å². The highest BCUT2D eigenvalue weighted by atomic mass is 32.2. The number of nitrogens with one attached hydrogen (secondary N) is 1. The van der Waals surface area contributed by atoms with Crippen LogP contribution in [-0.2, 0) is 10.0 Å². The predicted octanol–water partition coefficient (Wildman–Crippen LogP) is 3.43. The van der Waals surface area contributed by atoms with Gasteiger partial charge in [0.1, 0.15) is 5.75 Å². The van der Waals surface area contributed by atoms with Crippen LogP contribution in [0.25, 0.3) is 0 Å². The summed E-state index contributed by atoms with van der Waals surface area (Å²) in [7, 11) is -1.71. The molecule has 24 heavy (non-hydrogen) atoms. The lowest BCUT2D eigenvalue weighted by Gasteiger charge is -2.11. The van der Waals surface area contributed by atoms with Gasteiger partial charge in [0.25, 0.3) is 0 Å². The molecule has 0 aromatic heterocycles. The summed E-state index contributed by atoms with van der Waals surface area (Å²) in [5.74, 6) is 0.758. The average molecular weight is 365 g/mol. The van der Waals surface area contributed by atoms with E-state index in [1.165, 1.54) is 11.8 Å². The van der Waals surface area contributed by atoms with Gasteiger partial charge in [0.2, 0.25) is 10.0 Å². The predicted molar refractivity (Wildman–Crippen MR) is 97.6 cm³/mol. The molecule has 0 fully saturated rings. The lowest BCUT2D eigenvalue weighted by Crippen LogP contribution is -2.14. The number of carbonyl (C=O) groups is 1. The van der Waals surface area contributed by atoms with Crippen molar-refractivity contribution < 1.29 is 17.9 Å². The minimum atomic E-state index is -3.32. The second-order valence-corrected chi connectivity index (χ2v) is 8.41. The minimum absolute atomic E-state index is 0.0123. The first kappa shape index (κ1) is 18.4. The average Bonchev–Trinajstić information content (AvgIpc) is 2.54. The number of ether oxygens (including phenoxy) is 1. The molecule has 0 amide bonds. The van der Waals surface area contributed by atoms with Gasteiger partial charge in [-0.05, 0) is 55.5 Å². The molecule has 0 aliphatic rings. The smallest absolute Gasteiger partial charge is 0.229 e. The van der Waals surface area contributed by atoms with E-state index in [1.807, 2.05) is 31.2 Å². The number of benzene rings is 2. The number of hydrogen-bond donors (Lipinski definition) is 1. The van der Waals surface area contributed by atoms with Gasteiger partial charge in [-0.25, -0.2) is 8.42 Å². The van der Waals surface area contributed by atoms with Crippen molar-refractivity contribution >= 4 is 33.3 Å². The summed E-state index contributed by atoms with van der Waals surface area (Å²) >= 11 is 1.46. The fourth-order valence-electron chi connectivity index (χ4n) is 2.06. The second kappa shape index (κ2) is 7.72. The fraction of sp³-hybridized carbons (Fsp3) is 0.235. The summed E-state index contributed by atoms with van der Waals surface area (Å²) in [6, 6.07) is 13.9. The molecule has 2 aromatic rings. The fourth-order valence-corrected chi connectivity index (χ4v) is 3.57. The van der Waals surface area contributed by atoms with Crippen LogP contribution in [0, 0.1) is 0 Å². The molecule has 2 rings (SSSR count). The zero-order valence-electron chi connectivity index (χ0n) is 13.6. The van der Waals surface area contributed by atoms with E-state index in [4.69, 9.17) is 4.74 Å². The summed E-state index contributed by atoms with van der Waals surface area (Å²) in [5.41, 5.74) is 0.979. The number of carbonyl (C=O) groups excluding carboxylic acids is 1. The van der Waals surface area contributed by atoms with Crippen molar-refractivity contribution in [2.45, 2.75) is 17.1 Å². The van der Waals surface area contributed by atoms with Gasteiger partial charge in [0.15, 0.2) is 5.78 Å². The number of rotatable bonds is 7. The molecular formula is C17H19NO4S2. The van der Waals surface area contributed by atoms with Crippen LogP contribution in [0.1, 0.15) is 17.3 Å². The Morgan fingerprint density at radius 3 is 2.17 bits per heavy atom. The molecule has 1 N–H and O–H groups in total. The summed E-state index contributed by atoms with van der Waals surface area (Å²) in [6.45, 7) is 1.85. The third kappa shape index (κ3) is 5.28. The van der Waals surface area contributed by atoms with Crippen LogP contribution in [-0.4, -0.2) is 32.8 Å². The molecule has 0 spiro atoms. The van der Waals surface area contributed by atoms with Crippen molar-refractivity contribution in [1.29, 1.82) is 0 Å². The van der Waals surface area contributed by atoms with Crippen molar-refractivity contribution in [3.63, 3.8) is 0 Å². The summed E-state index contributed by atoms with van der Waals surface area (Å²) in [5, 5.41) is -0.257. The molecule has 0 bridgehead atoms. The lowest BCUT2D eigenvalue weighted by molar-refractivity contribution is 0.0994. The molecule has 0 aliphatic carbocycles. The first-order chi connectivity index (χ1) is 11.3. The van der Waals surface area contributed by atoms with Crippen LogP contribution in [0.4, 0.5) is 5.69 Å². The molecule has 0 aliphatic heterocycles. The van der Waals surface area contributed by atoms with Gasteiger partial charge in [-0.15, -0.1) is 11.8 Å².